The lowest BCUT2D eigenvalue weighted by Gasteiger charge is -2.23. The van der Waals surface area contributed by atoms with E-state index in [2.05, 4.69) is 5.32 Å². The fraction of sp³-hybridized carbons (Fsp3) is 0.320. The predicted molar refractivity (Wildman–Crippen MR) is 118 cm³/mol. The van der Waals surface area contributed by atoms with Crippen LogP contribution in [0.15, 0.2) is 60.4 Å². The van der Waals surface area contributed by atoms with E-state index in [1.54, 1.807) is 48.5 Å². The highest BCUT2D eigenvalue weighted by molar-refractivity contribution is 6.14. The molecule has 3 rings (SSSR count). The summed E-state index contributed by atoms with van der Waals surface area (Å²) < 4.78 is 19.1. The molecule has 6 heteroatoms. The van der Waals surface area contributed by atoms with Gasteiger partial charge >= 0.3 is 0 Å². The van der Waals surface area contributed by atoms with E-state index >= 15 is 0 Å². The zero-order valence-corrected chi connectivity index (χ0v) is 17.9. The highest BCUT2D eigenvalue weighted by atomic mass is 19.1. The second kappa shape index (κ2) is 9.25. The topological polar surface area (TPSA) is 72.5 Å². The van der Waals surface area contributed by atoms with Crippen LogP contribution in [0.4, 0.5) is 4.39 Å². The fourth-order valence-electron chi connectivity index (χ4n) is 3.50. The average molecular weight is 426 g/mol. The zero-order valence-electron chi connectivity index (χ0n) is 17.9. The van der Waals surface area contributed by atoms with Gasteiger partial charge < -0.3 is 10.1 Å². The Morgan fingerprint density at radius 2 is 1.77 bits per heavy atom. The number of rotatable bonds is 6. The smallest absolute Gasteiger partial charge is 0.251 e. The molecule has 5 nitrogen and oxygen atoms in total. The van der Waals surface area contributed by atoms with E-state index < -0.39 is 5.92 Å². The summed E-state index contributed by atoms with van der Waals surface area (Å²) in [6, 6.07) is 13.3. The van der Waals surface area contributed by atoms with E-state index in [4.69, 9.17) is 4.74 Å². The van der Waals surface area contributed by atoms with Gasteiger partial charge in [0.1, 0.15) is 12.4 Å². The van der Waals surface area contributed by atoms with Crippen LogP contribution in [-0.4, -0.2) is 29.6 Å². The Kier molecular flexibility index (Phi) is 6.68. The molecule has 0 heterocycles. The maximum absolute atomic E-state index is 13.5. The molecular formula is C25H28FNO4. The molecule has 0 spiro atoms. The predicted octanol–water partition coefficient (Wildman–Crippen LogP) is 5.17. The van der Waals surface area contributed by atoms with Crippen molar-refractivity contribution in [3.63, 3.8) is 0 Å². The van der Waals surface area contributed by atoms with Crippen LogP contribution in [0, 0.1) is 5.92 Å². The van der Waals surface area contributed by atoms with Crippen molar-refractivity contribution < 1.29 is 24.9 Å². The molecule has 0 radical (unpaired) electrons. The second-order valence-electron chi connectivity index (χ2n) is 8.72. The van der Waals surface area contributed by atoms with Crippen molar-refractivity contribution >= 4 is 17.5 Å². The molecule has 0 aromatic heterocycles. The molecule has 2 aromatic rings. The molecule has 0 bridgehead atoms. The van der Waals surface area contributed by atoms with Gasteiger partial charge in [0.15, 0.2) is 11.6 Å². The Morgan fingerprint density at radius 3 is 2.39 bits per heavy atom. The van der Waals surface area contributed by atoms with Crippen molar-refractivity contribution in [1.29, 1.82) is 0 Å². The first-order valence-corrected chi connectivity index (χ1v) is 10.2. The van der Waals surface area contributed by atoms with E-state index in [9.17, 15) is 18.8 Å². The molecule has 2 aromatic carbocycles. The van der Waals surface area contributed by atoms with E-state index in [-0.39, 0.29) is 43.9 Å². The number of Topliss-reactive ketones (excluding diaryl/α,β-unsaturated/α-hetero) is 2. The zero-order chi connectivity index (χ0) is 22.6. The average Bonchev–Trinajstić information content (AvgIpc) is 2.73. The maximum Gasteiger partial charge on any atom is 0.251 e. The van der Waals surface area contributed by atoms with Crippen molar-refractivity contribution in [1.82, 2.24) is 5.32 Å². The standard InChI is InChI=1S/C25H26FNO4.H2/c1-25(2,3)27-24(30)17-8-10-19(11-9-17)31-15-16(14-26)12-18-13-22(28)20-6-4-5-7-21(20)23(18)29;/h4-11,14,18H,12-13,15H2,1-3H3,(H,27,30);1H/b16-14+;. The monoisotopic (exact) mass is 425 g/mol. The molecule has 0 saturated carbocycles. The van der Waals surface area contributed by atoms with Crippen LogP contribution in [0.2, 0.25) is 0 Å². The molecule has 0 aliphatic heterocycles. The van der Waals surface area contributed by atoms with Gasteiger partial charge in [-0.2, -0.15) is 0 Å². The van der Waals surface area contributed by atoms with Crippen molar-refractivity contribution in [2.24, 2.45) is 5.92 Å². The van der Waals surface area contributed by atoms with Gasteiger partial charge in [0.25, 0.3) is 5.91 Å². The van der Waals surface area contributed by atoms with E-state index in [0.717, 1.165) is 0 Å². The summed E-state index contributed by atoms with van der Waals surface area (Å²) in [5, 5.41) is 2.88. The van der Waals surface area contributed by atoms with Crippen LogP contribution in [-0.2, 0) is 0 Å². The number of carbonyl (C=O) groups excluding carboxylic acids is 3. The lowest BCUT2D eigenvalue weighted by Crippen LogP contribution is -2.40. The third-order valence-corrected chi connectivity index (χ3v) is 4.99. The SMILES string of the molecule is CC(C)(C)NC(=O)c1ccc(OC/C(=C/F)CC2CC(=O)c3ccccc3C2=O)cc1.[HH]. The van der Waals surface area contributed by atoms with E-state index in [1.807, 2.05) is 20.8 Å². The molecule has 1 aliphatic carbocycles. The second-order valence-corrected chi connectivity index (χ2v) is 8.72. The van der Waals surface area contributed by atoms with E-state index in [1.165, 1.54) is 0 Å². The number of amides is 1. The number of ether oxygens (including phenoxy) is 1. The molecule has 1 amide bonds. The minimum atomic E-state index is -0.600. The van der Waals surface area contributed by atoms with Crippen LogP contribution in [0.3, 0.4) is 0 Å². The van der Waals surface area contributed by atoms with Gasteiger partial charge in [-0.15, -0.1) is 0 Å². The van der Waals surface area contributed by atoms with Crippen molar-refractivity contribution in [3.8, 4) is 5.75 Å². The summed E-state index contributed by atoms with van der Waals surface area (Å²) in [5.74, 6) is -0.573. The van der Waals surface area contributed by atoms with Crippen LogP contribution < -0.4 is 10.1 Å². The Bertz CT molecular complexity index is 1020. The number of hydrogen-bond acceptors (Lipinski definition) is 4. The number of ketones is 2. The Hall–Kier alpha value is -3.28. The number of benzene rings is 2. The number of halogens is 1. The number of hydrogen-bond donors (Lipinski definition) is 1. The molecule has 0 saturated heterocycles. The quantitative estimate of drug-likeness (QED) is 0.693. The maximum atomic E-state index is 13.5. The van der Waals surface area contributed by atoms with Crippen LogP contribution in [0.25, 0.3) is 0 Å². The Morgan fingerprint density at radius 1 is 1.13 bits per heavy atom. The Balaban J connectivity index is 0.00000363. The summed E-state index contributed by atoms with van der Waals surface area (Å²) in [7, 11) is 0. The summed E-state index contributed by atoms with van der Waals surface area (Å²) >= 11 is 0. The van der Waals surface area contributed by atoms with Crippen molar-refractivity contribution in [2.45, 2.75) is 39.2 Å². The van der Waals surface area contributed by atoms with Crippen LogP contribution >= 0.6 is 0 Å². The van der Waals surface area contributed by atoms with Gasteiger partial charge in [0.2, 0.25) is 0 Å². The van der Waals surface area contributed by atoms with E-state index in [0.29, 0.717) is 34.3 Å². The highest BCUT2D eigenvalue weighted by Gasteiger charge is 2.32. The van der Waals surface area contributed by atoms with Crippen LogP contribution in [0.5, 0.6) is 5.75 Å². The third-order valence-electron chi connectivity index (χ3n) is 4.99. The molecule has 1 unspecified atom stereocenters. The van der Waals surface area contributed by atoms with Gasteiger partial charge in [0.05, 0.1) is 6.33 Å². The molecule has 0 fully saturated rings. The number of nitrogens with one attached hydrogen (secondary N) is 1. The number of fused-ring (bicyclic) bond motifs is 1. The first-order valence-electron chi connectivity index (χ1n) is 10.2. The molecule has 31 heavy (non-hydrogen) atoms. The van der Waals surface area contributed by atoms with Crippen LogP contribution in [0.1, 0.15) is 66.1 Å². The first-order chi connectivity index (χ1) is 14.7. The Labute approximate surface area is 182 Å². The van der Waals surface area contributed by atoms with Gasteiger partial charge in [0, 0.05) is 36.0 Å². The molecule has 1 aliphatic rings. The molecule has 1 N–H and O–H groups in total. The van der Waals surface area contributed by atoms with Gasteiger partial charge in [-0.1, -0.05) is 24.3 Å². The molecule has 1 atom stereocenters. The summed E-state index contributed by atoms with van der Waals surface area (Å²) in [6.07, 6.45) is 0.607. The summed E-state index contributed by atoms with van der Waals surface area (Å²) in [4.78, 5) is 37.2. The molecular weight excluding hydrogens is 397 g/mol. The van der Waals surface area contributed by atoms with Crippen molar-refractivity contribution in [3.05, 3.63) is 77.1 Å². The van der Waals surface area contributed by atoms with Gasteiger partial charge in [-0.05, 0) is 57.0 Å². The number of carbonyl (C=O) groups is 3. The lowest BCUT2D eigenvalue weighted by molar-refractivity contribution is 0.0821. The summed E-state index contributed by atoms with van der Waals surface area (Å²) in [6.45, 7) is 5.65. The van der Waals surface area contributed by atoms with Crippen molar-refractivity contribution in [2.75, 3.05) is 6.61 Å². The first kappa shape index (κ1) is 22.4. The summed E-state index contributed by atoms with van der Waals surface area (Å²) in [5.41, 5.74) is 1.27. The molecule has 164 valence electrons. The largest absolute Gasteiger partial charge is 0.489 e. The minimum Gasteiger partial charge on any atom is -0.489 e. The highest BCUT2D eigenvalue weighted by Crippen LogP contribution is 2.30. The fourth-order valence-corrected chi connectivity index (χ4v) is 3.50. The third kappa shape index (κ3) is 5.66. The minimum absolute atomic E-state index is 0. The normalized spacial score (nSPS) is 16.6. The van der Waals surface area contributed by atoms with Gasteiger partial charge in [-0.3, -0.25) is 14.4 Å². The van der Waals surface area contributed by atoms with Gasteiger partial charge in [-0.25, -0.2) is 4.39 Å². The lowest BCUT2D eigenvalue weighted by atomic mass is 9.79.